The van der Waals surface area contributed by atoms with Crippen molar-refractivity contribution < 1.29 is 4.79 Å². The number of likely N-dealkylation sites (tertiary alicyclic amines) is 1. The van der Waals surface area contributed by atoms with Gasteiger partial charge in [0.25, 0.3) is 0 Å². The van der Waals surface area contributed by atoms with E-state index < -0.39 is 0 Å². The molecule has 2 fully saturated rings. The lowest BCUT2D eigenvalue weighted by Crippen LogP contribution is -2.58. The van der Waals surface area contributed by atoms with Crippen LogP contribution in [0.1, 0.15) is 48.2 Å². The van der Waals surface area contributed by atoms with E-state index in [2.05, 4.69) is 39.0 Å². The van der Waals surface area contributed by atoms with Crippen LogP contribution >= 0.6 is 24.8 Å². The summed E-state index contributed by atoms with van der Waals surface area (Å²) >= 11 is 0. The quantitative estimate of drug-likeness (QED) is 0.710. The Hall–Kier alpha value is -1.60. The van der Waals surface area contributed by atoms with E-state index in [0.29, 0.717) is 12.5 Å². The number of aromatic amines is 1. The number of H-pyrrole nitrogens is 1. The van der Waals surface area contributed by atoms with E-state index >= 15 is 0 Å². The largest absolute Gasteiger partial charge is 0.348 e. The molecule has 6 nitrogen and oxygen atoms in total. The maximum Gasteiger partial charge on any atom is 0.226 e. The zero-order valence-electron chi connectivity index (χ0n) is 17.9. The predicted molar refractivity (Wildman–Crippen MR) is 127 cm³/mol. The number of rotatable bonds is 5. The molecule has 3 heterocycles. The van der Waals surface area contributed by atoms with Gasteiger partial charge in [0.1, 0.15) is 0 Å². The van der Waals surface area contributed by atoms with Crippen molar-refractivity contribution >= 4 is 30.7 Å². The summed E-state index contributed by atoms with van der Waals surface area (Å²) < 4.78 is 0. The summed E-state index contributed by atoms with van der Waals surface area (Å²) in [6, 6.07) is 8.79. The van der Waals surface area contributed by atoms with Crippen LogP contribution in [-0.4, -0.2) is 51.9 Å². The summed E-state index contributed by atoms with van der Waals surface area (Å²) in [5, 5.41) is 0. The number of carbonyl (C=O) groups is 1. The van der Waals surface area contributed by atoms with Gasteiger partial charge in [-0.2, -0.15) is 0 Å². The number of piperidine rings is 1. The standard InChI is InChI=1S/C23H31N5O.2ClH/c24-10-6-17-2-1-3-18(14-17)15-27-12-8-23(9-13-27)21-20(25-16-26-21)7-11-28(23)22(29)19-4-5-19;;/h1-3,14,16,19H,4-13,15,24H2,(H,25,26);2*1H. The summed E-state index contributed by atoms with van der Waals surface area (Å²) in [4.78, 5) is 25.9. The monoisotopic (exact) mass is 465 g/mol. The number of aromatic nitrogens is 2. The number of nitrogens with one attached hydrogen (secondary N) is 1. The minimum absolute atomic E-state index is 0. The molecule has 0 bridgehead atoms. The first kappa shape index (κ1) is 24.1. The highest BCUT2D eigenvalue weighted by Crippen LogP contribution is 2.45. The van der Waals surface area contributed by atoms with Crippen molar-refractivity contribution in [3.8, 4) is 0 Å². The summed E-state index contributed by atoms with van der Waals surface area (Å²) in [5.41, 5.74) is 10.5. The van der Waals surface area contributed by atoms with E-state index in [-0.39, 0.29) is 36.3 Å². The molecule has 170 valence electrons. The molecule has 1 amide bonds. The van der Waals surface area contributed by atoms with Gasteiger partial charge < -0.3 is 15.6 Å². The number of amides is 1. The van der Waals surface area contributed by atoms with Crippen molar-refractivity contribution in [3.63, 3.8) is 0 Å². The Labute approximate surface area is 196 Å². The topological polar surface area (TPSA) is 78.2 Å². The Bertz CT molecular complexity index is 890. The lowest BCUT2D eigenvalue weighted by Gasteiger charge is -2.50. The van der Waals surface area contributed by atoms with Gasteiger partial charge in [-0.05, 0) is 49.8 Å². The van der Waals surface area contributed by atoms with Crippen LogP contribution < -0.4 is 5.73 Å². The Morgan fingerprint density at radius 2 is 1.90 bits per heavy atom. The highest BCUT2D eigenvalue weighted by molar-refractivity contribution is 5.85. The first-order valence-electron chi connectivity index (χ1n) is 11.0. The minimum Gasteiger partial charge on any atom is -0.348 e. The van der Waals surface area contributed by atoms with Crippen molar-refractivity contribution in [2.75, 3.05) is 26.2 Å². The Morgan fingerprint density at radius 3 is 2.61 bits per heavy atom. The van der Waals surface area contributed by atoms with Gasteiger partial charge in [0, 0.05) is 44.2 Å². The molecular weight excluding hydrogens is 433 g/mol. The third-order valence-electron chi connectivity index (χ3n) is 6.97. The van der Waals surface area contributed by atoms with E-state index in [4.69, 9.17) is 10.7 Å². The Balaban J connectivity index is 0.00000136. The highest BCUT2D eigenvalue weighted by atomic mass is 35.5. The van der Waals surface area contributed by atoms with Crippen LogP contribution in [-0.2, 0) is 29.7 Å². The lowest BCUT2D eigenvalue weighted by molar-refractivity contribution is -0.143. The zero-order chi connectivity index (χ0) is 19.8. The lowest BCUT2D eigenvalue weighted by atomic mass is 9.78. The molecule has 2 aliphatic heterocycles. The molecule has 0 unspecified atom stereocenters. The van der Waals surface area contributed by atoms with Gasteiger partial charge in [0.2, 0.25) is 5.91 Å². The van der Waals surface area contributed by atoms with E-state index in [1.165, 1.54) is 16.8 Å². The van der Waals surface area contributed by atoms with E-state index in [9.17, 15) is 4.79 Å². The summed E-state index contributed by atoms with van der Waals surface area (Å²) in [7, 11) is 0. The molecule has 3 N–H and O–H groups in total. The SMILES string of the molecule is Cl.Cl.NCCc1cccc(CN2CCC3(CC2)c2nc[nH]c2CCN3C(=O)C2CC2)c1. The van der Waals surface area contributed by atoms with Crippen LogP contribution in [0, 0.1) is 5.92 Å². The third kappa shape index (κ3) is 4.63. The molecule has 3 aliphatic rings. The number of hydrogen-bond donors (Lipinski definition) is 2. The Morgan fingerprint density at radius 1 is 1.16 bits per heavy atom. The maximum atomic E-state index is 13.1. The van der Waals surface area contributed by atoms with E-state index in [1.54, 1.807) is 0 Å². The van der Waals surface area contributed by atoms with E-state index in [0.717, 1.165) is 70.4 Å². The van der Waals surface area contributed by atoms with Crippen molar-refractivity contribution in [2.45, 2.75) is 50.6 Å². The van der Waals surface area contributed by atoms with Gasteiger partial charge in [-0.25, -0.2) is 4.98 Å². The smallest absolute Gasteiger partial charge is 0.226 e. The molecule has 1 aromatic carbocycles. The van der Waals surface area contributed by atoms with Crippen LogP contribution in [0.5, 0.6) is 0 Å². The van der Waals surface area contributed by atoms with Crippen molar-refractivity contribution in [1.29, 1.82) is 0 Å². The molecule has 8 heteroatoms. The van der Waals surface area contributed by atoms with Crippen molar-refractivity contribution in [3.05, 3.63) is 53.1 Å². The summed E-state index contributed by atoms with van der Waals surface area (Å²) in [5.74, 6) is 0.622. The molecule has 5 rings (SSSR count). The van der Waals surface area contributed by atoms with Crippen LogP contribution in [0.4, 0.5) is 0 Å². The number of benzene rings is 1. The number of carbonyl (C=O) groups excluding carboxylic acids is 1. The van der Waals surface area contributed by atoms with Gasteiger partial charge in [0.05, 0.1) is 17.6 Å². The molecule has 1 spiro atoms. The first-order valence-corrected chi connectivity index (χ1v) is 11.0. The van der Waals surface area contributed by atoms with Crippen LogP contribution in [0.25, 0.3) is 0 Å². The normalized spacial score (nSPS) is 20.0. The zero-order valence-corrected chi connectivity index (χ0v) is 19.5. The molecule has 1 aromatic heterocycles. The Kier molecular flexibility index (Phi) is 7.68. The van der Waals surface area contributed by atoms with Crippen LogP contribution in [0.15, 0.2) is 30.6 Å². The second-order valence-corrected chi connectivity index (χ2v) is 8.91. The molecule has 1 saturated heterocycles. The van der Waals surface area contributed by atoms with Gasteiger partial charge in [-0.15, -0.1) is 24.8 Å². The molecule has 2 aromatic rings. The number of hydrogen-bond acceptors (Lipinski definition) is 4. The fourth-order valence-corrected chi connectivity index (χ4v) is 5.25. The first-order chi connectivity index (χ1) is 14.2. The molecule has 0 atom stereocenters. The molecule has 0 radical (unpaired) electrons. The number of nitrogens with zero attached hydrogens (tertiary/aromatic N) is 3. The van der Waals surface area contributed by atoms with E-state index in [1.807, 2.05) is 6.33 Å². The molecule has 1 aliphatic carbocycles. The average Bonchev–Trinajstić information content (AvgIpc) is 3.47. The van der Waals surface area contributed by atoms with Gasteiger partial charge >= 0.3 is 0 Å². The second kappa shape index (κ2) is 9.90. The number of halogens is 2. The fourth-order valence-electron chi connectivity index (χ4n) is 5.25. The van der Waals surface area contributed by atoms with Crippen LogP contribution in [0.3, 0.4) is 0 Å². The highest BCUT2D eigenvalue weighted by Gasteiger charge is 2.50. The van der Waals surface area contributed by atoms with Crippen LogP contribution in [0.2, 0.25) is 0 Å². The third-order valence-corrected chi connectivity index (χ3v) is 6.97. The maximum absolute atomic E-state index is 13.1. The predicted octanol–water partition coefficient (Wildman–Crippen LogP) is 3.04. The van der Waals surface area contributed by atoms with Gasteiger partial charge in [0.15, 0.2) is 0 Å². The summed E-state index contributed by atoms with van der Waals surface area (Å²) in [6.07, 6.45) is 7.68. The number of fused-ring (bicyclic) bond motifs is 2. The minimum atomic E-state index is -0.217. The fraction of sp³-hybridized carbons (Fsp3) is 0.565. The molecule has 31 heavy (non-hydrogen) atoms. The van der Waals surface area contributed by atoms with Crippen molar-refractivity contribution in [1.82, 2.24) is 19.8 Å². The number of imidazole rings is 1. The van der Waals surface area contributed by atoms with Gasteiger partial charge in [-0.1, -0.05) is 24.3 Å². The molecule has 1 saturated carbocycles. The second-order valence-electron chi connectivity index (χ2n) is 8.91. The number of nitrogens with two attached hydrogens (primary N) is 1. The summed E-state index contributed by atoms with van der Waals surface area (Å²) in [6.45, 7) is 4.44. The molecular formula is C23H33Cl2N5O. The van der Waals surface area contributed by atoms with Gasteiger partial charge in [-0.3, -0.25) is 9.69 Å². The average molecular weight is 466 g/mol. The van der Waals surface area contributed by atoms with Crippen molar-refractivity contribution in [2.24, 2.45) is 11.7 Å².